The van der Waals surface area contributed by atoms with Gasteiger partial charge in [0.2, 0.25) is 0 Å². The first kappa shape index (κ1) is 21.4. The molecule has 0 amide bonds. The lowest BCUT2D eigenvalue weighted by molar-refractivity contribution is -0.116. The minimum atomic E-state index is -0.342. The first-order valence-electron chi connectivity index (χ1n) is 11.4. The number of carbonyl (C=O) groups excluding carboxylic acids is 2. The van der Waals surface area contributed by atoms with Gasteiger partial charge in [-0.1, -0.05) is 12.1 Å². The van der Waals surface area contributed by atoms with Crippen molar-refractivity contribution in [3.05, 3.63) is 58.5 Å². The summed E-state index contributed by atoms with van der Waals surface area (Å²) in [6, 6.07) is 4.04. The van der Waals surface area contributed by atoms with Gasteiger partial charge in [-0.05, 0) is 57.6 Å². The number of allylic oxidation sites excluding steroid dienone is 5. The molecule has 4 rings (SSSR count). The van der Waals surface area contributed by atoms with Crippen LogP contribution in [0, 0.1) is 0 Å². The summed E-state index contributed by atoms with van der Waals surface area (Å²) in [7, 11) is 0. The number of ketones is 2. The lowest BCUT2D eigenvalue weighted by Gasteiger charge is -2.37. The highest BCUT2D eigenvalue weighted by atomic mass is 16.5. The average Bonchev–Trinajstić information content (AvgIpc) is 2.75. The number of Topliss-reactive ketones (excluding diaryl/α,β-unsaturated/α-hetero) is 2. The van der Waals surface area contributed by atoms with Gasteiger partial charge in [0.15, 0.2) is 23.1 Å². The molecule has 5 heteroatoms. The molecule has 0 fully saturated rings. The Hall–Kier alpha value is -2.82. The quantitative estimate of drug-likeness (QED) is 0.634. The van der Waals surface area contributed by atoms with E-state index in [-0.39, 0.29) is 17.5 Å². The van der Waals surface area contributed by atoms with Gasteiger partial charge in [-0.3, -0.25) is 9.59 Å². The summed E-state index contributed by atoms with van der Waals surface area (Å²) < 4.78 is 11.9. The fourth-order valence-corrected chi connectivity index (χ4v) is 5.04. The van der Waals surface area contributed by atoms with E-state index in [1.54, 1.807) is 0 Å². The van der Waals surface area contributed by atoms with E-state index in [9.17, 15) is 9.59 Å². The highest BCUT2D eigenvalue weighted by molar-refractivity contribution is 6.06. The smallest absolute Gasteiger partial charge is 0.164 e. The van der Waals surface area contributed by atoms with Gasteiger partial charge in [-0.15, -0.1) is 6.58 Å². The van der Waals surface area contributed by atoms with E-state index in [4.69, 9.17) is 9.47 Å². The van der Waals surface area contributed by atoms with Crippen molar-refractivity contribution in [1.82, 2.24) is 5.32 Å². The second-order valence-corrected chi connectivity index (χ2v) is 8.26. The molecule has 164 valence electrons. The molecule has 0 saturated heterocycles. The largest absolute Gasteiger partial charge is 0.490 e. The maximum absolute atomic E-state index is 13.1. The Morgan fingerprint density at radius 1 is 0.968 bits per heavy atom. The van der Waals surface area contributed by atoms with Gasteiger partial charge in [0.1, 0.15) is 0 Å². The van der Waals surface area contributed by atoms with Crippen LogP contribution >= 0.6 is 0 Å². The van der Waals surface area contributed by atoms with Gasteiger partial charge in [-0.25, -0.2) is 0 Å². The van der Waals surface area contributed by atoms with E-state index in [1.807, 2.05) is 26.0 Å². The topological polar surface area (TPSA) is 64.6 Å². The molecular formula is C26H31NO4. The predicted molar refractivity (Wildman–Crippen MR) is 120 cm³/mol. The molecule has 0 aromatic heterocycles. The van der Waals surface area contributed by atoms with Gasteiger partial charge < -0.3 is 14.8 Å². The van der Waals surface area contributed by atoms with Crippen molar-refractivity contribution in [3.8, 4) is 11.5 Å². The number of hydrogen-bond acceptors (Lipinski definition) is 5. The number of carbonyl (C=O) groups is 2. The maximum atomic E-state index is 13.1. The molecule has 0 bridgehead atoms. The SMILES string of the molecule is C=CCc1cc(C2C3=C(CCCC3=O)NC3=C2C(=O)CCC3)cc(OCC)c1OCC. The van der Waals surface area contributed by atoms with Crippen molar-refractivity contribution in [2.75, 3.05) is 13.2 Å². The lowest BCUT2D eigenvalue weighted by atomic mass is 9.71. The molecule has 0 atom stereocenters. The molecule has 1 N–H and O–H groups in total. The van der Waals surface area contributed by atoms with Crippen molar-refractivity contribution in [3.63, 3.8) is 0 Å². The molecule has 1 aromatic rings. The molecule has 2 aliphatic carbocycles. The summed E-state index contributed by atoms with van der Waals surface area (Å²) in [4.78, 5) is 26.2. The van der Waals surface area contributed by atoms with E-state index in [0.29, 0.717) is 38.2 Å². The predicted octanol–water partition coefficient (Wildman–Crippen LogP) is 4.91. The summed E-state index contributed by atoms with van der Waals surface area (Å²) in [5.41, 5.74) is 5.40. The highest BCUT2D eigenvalue weighted by Gasteiger charge is 2.40. The molecule has 0 radical (unpaired) electrons. The van der Waals surface area contributed by atoms with Crippen LogP contribution in [0.2, 0.25) is 0 Å². The molecule has 3 aliphatic rings. The molecule has 31 heavy (non-hydrogen) atoms. The third-order valence-electron chi connectivity index (χ3n) is 6.23. The molecule has 0 saturated carbocycles. The Morgan fingerprint density at radius 3 is 2.13 bits per heavy atom. The van der Waals surface area contributed by atoms with Gasteiger partial charge in [0, 0.05) is 46.9 Å². The average molecular weight is 422 g/mol. The van der Waals surface area contributed by atoms with E-state index in [1.165, 1.54) is 0 Å². The Balaban J connectivity index is 1.93. The molecule has 1 aliphatic heterocycles. The number of benzene rings is 1. The summed E-state index contributed by atoms with van der Waals surface area (Å²) in [6.07, 6.45) is 6.91. The van der Waals surface area contributed by atoms with Crippen LogP contribution in [0.3, 0.4) is 0 Å². The van der Waals surface area contributed by atoms with E-state index >= 15 is 0 Å². The Bertz CT molecular complexity index is 943. The van der Waals surface area contributed by atoms with Gasteiger partial charge in [0.25, 0.3) is 0 Å². The van der Waals surface area contributed by atoms with Crippen LogP contribution in [-0.2, 0) is 16.0 Å². The molecule has 0 unspecified atom stereocenters. The molecular weight excluding hydrogens is 390 g/mol. The zero-order chi connectivity index (χ0) is 22.0. The second kappa shape index (κ2) is 9.13. The van der Waals surface area contributed by atoms with Gasteiger partial charge in [-0.2, -0.15) is 0 Å². The third kappa shape index (κ3) is 3.93. The fraction of sp³-hybridized carbons (Fsp3) is 0.462. The lowest BCUT2D eigenvalue weighted by Crippen LogP contribution is -2.36. The van der Waals surface area contributed by atoms with Crippen molar-refractivity contribution >= 4 is 11.6 Å². The zero-order valence-corrected chi connectivity index (χ0v) is 18.5. The number of hydrogen-bond donors (Lipinski definition) is 1. The highest BCUT2D eigenvalue weighted by Crippen LogP contribution is 2.47. The minimum Gasteiger partial charge on any atom is -0.490 e. The molecule has 0 spiro atoms. The summed E-state index contributed by atoms with van der Waals surface area (Å²) in [5.74, 6) is 1.32. The first-order valence-corrected chi connectivity index (χ1v) is 11.4. The maximum Gasteiger partial charge on any atom is 0.164 e. The van der Waals surface area contributed by atoms with Gasteiger partial charge >= 0.3 is 0 Å². The van der Waals surface area contributed by atoms with Crippen molar-refractivity contribution < 1.29 is 19.1 Å². The van der Waals surface area contributed by atoms with Crippen molar-refractivity contribution in [2.45, 2.75) is 64.7 Å². The van der Waals surface area contributed by atoms with Crippen LogP contribution in [0.4, 0.5) is 0 Å². The normalized spacial score (nSPS) is 19.0. The Morgan fingerprint density at radius 2 is 1.58 bits per heavy atom. The summed E-state index contributed by atoms with van der Waals surface area (Å²) >= 11 is 0. The number of dihydropyridines is 1. The molecule has 5 nitrogen and oxygen atoms in total. The van der Waals surface area contributed by atoms with Crippen LogP contribution in [0.5, 0.6) is 11.5 Å². The van der Waals surface area contributed by atoms with Gasteiger partial charge in [0.05, 0.1) is 13.2 Å². The van der Waals surface area contributed by atoms with Crippen molar-refractivity contribution in [2.24, 2.45) is 0 Å². The summed E-state index contributed by atoms with van der Waals surface area (Å²) in [5, 5.41) is 3.47. The standard InChI is InChI=1S/C26H31NO4/c1-4-9-16-14-17(15-22(30-5-2)26(16)31-6-3)23-24-18(10-7-12-20(24)28)27-19-11-8-13-21(29)25(19)23/h4,14-15,23,27H,1,5-13H2,2-3H3. The van der Waals surface area contributed by atoms with Crippen LogP contribution < -0.4 is 14.8 Å². The third-order valence-corrected chi connectivity index (χ3v) is 6.23. The first-order chi connectivity index (χ1) is 15.1. The number of ether oxygens (including phenoxy) is 2. The van der Waals surface area contributed by atoms with Crippen LogP contribution in [0.15, 0.2) is 47.3 Å². The van der Waals surface area contributed by atoms with Crippen LogP contribution in [0.25, 0.3) is 0 Å². The Labute approximate surface area is 184 Å². The number of rotatable bonds is 7. The zero-order valence-electron chi connectivity index (χ0n) is 18.5. The van der Waals surface area contributed by atoms with Crippen LogP contribution in [0.1, 0.15) is 69.4 Å². The molecule has 1 aromatic carbocycles. The summed E-state index contributed by atoms with van der Waals surface area (Å²) in [6.45, 7) is 8.82. The number of nitrogens with one attached hydrogen (secondary N) is 1. The minimum absolute atomic E-state index is 0.140. The van der Waals surface area contributed by atoms with E-state index in [0.717, 1.165) is 65.1 Å². The van der Waals surface area contributed by atoms with Crippen molar-refractivity contribution in [1.29, 1.82) is 0 Å². The fourth-order valence-electron chi connectivity index (χ4n) is 5.04. The Kier molecular flexibility index (Phi) is 6.30. The molecule has 1 heterocycles. The van der Waals surface area contributed by atoms with E-state index in [2.05, 4.69) is 18.0 Å². The van der Waals surface area contributed by atoms with E-state index < -0.39 is 0 Å². The monoisotopic (exact) mass is 421 g/mol. The second-order valence-electron chi connectivity index (χ2n) is 8.26. The van der Waals surface area contributed by atoms with Crippen LogP contribution in [-0.4, -0.2) is 24.8 Å².